The summed E-state index contributed by atoms with van der Waals surface area (Å²) in [6.07, 6.45) is 3.09. The molecule has 0 amide bonds. The number of nitrogens with zero attached hydrogens (tertiary/aromatic N) is 2. The molecule has 1 atom stereocenters. The summed E-state index contributed by atoms with van der Waals surface area (Å²) in [5.41, 5.74) is 1.18. The minimum Gasteiger partial charge on any atom is -0.478 e. The van der Waals surface area contributed by atoms with Crippen LogP contribution in [0.25, 0.3) is 0 Å². The van der Waals surface area contributed by atoms with Crippen LogP contribution < -0.4 is 15.0 Å². The van der Waals surface area contributed by atoms with Crippen LogP contribution in [0.1, 0.15) is 13.3 Å². The Balaban J connectivity index is 1.99. The van der Waals surface area contributed by atoms with Crippen molar-refractivity contribution in [3.05, 3.63) is 18.3 Å². The quantitative estimate of drug-likeness (QED) is 0.831. The molecule has 4 nitrogen and oxygen atoms in total. The molecule has 1 aliphatic rings. The Morgan fingerprint density at radius 1 is 1.56 bits per heavy atom. The van der Waals surface area contributed by atoms with Gasteiger partial charge in [0.15, 0.2) is 0 Å². The lowest BCUT2D eigenvalue weighted by molar-refractivity contribution is 0.327. The van der Waals surface area contributed by atoms with Gasteiger partial charge < -0.3 is 15.0 Å². The van der Waals surface area contributed by atoms with Gasteiger partial charge in [0.2, 0.25) is 5.88 Å². The van der Waals surface area contributed by atoms with Crippen LogP contribution in [-0.2, 0) is 0 Å². The van der Waals surface area contributed by atoms with Gasteiger partial charge in [0.25, 0.3) is 0 Å². The number of ether oxygens (including phenoxy) is 1. The van der Waals surface area contributed by atoms with E-state index < -0.39 is 0 Å². The molecule has 0 aromatic carbocycles. The Kier molecular flexibility index (Phi) is 3.62. The smallest absolute Gasteiger partial charge is 0.213 e. The Labute approximate surface area is 96.6 Å². The molecule has 0 saturated carbocycles. The summed E-state index contributed by atoms with van der Waals surface area (Å²) in [5, 5.41) is 3.31. The molecule has 0 bridgehead atoms. The van der Waals surface area contributed by atoms with E-state index in [0.29, 0.717) is 18.5 Å². The molecule has 1 fully saturated rings. The molecule has 2 rings (SSSR count). The van der Waals surface area contributed by atoms with Crippen molar-refractivity contribution in [3.8, 4) is 5.88 Å². The SMILES string of the molecule is CCOc1ccc(N2CCC(NC)C2)cn1. The number of pyridine rings is 1. The van der Waals surface area contributed by atoms with E-state index >= 15 is 0 Å². The number of likely N-dealkylation sites (N-methyl/N-ethyl adjacent to an activating group) is 1. The van der Waals surface area contributed by atoms with Crippen molar-refractivity contribution in [1.29, 1.82) is 0 Å². The minimum absolute atomic E-state index is 0.603. The van der Waals surface area contributed by atoms with Crippen molar-refractivity contribution in [2.45, 2.75) is 19.4 Å². The number of rotatable bonds is 4. The molecule has 1 aliphatic heterocycles. The molecule has 1 aromatic heterocycles. The van der Waals surface area contributed by atoms with Gasteiger partial charge >= 0.3 is 0 Å². The van der Waals surface area contributed by atoms with Gasteiger partial charge in [0.1, 0.15) is 0 Å². The number of anilines is 1. The van der Waals surface area contributed by atoms with Crippen LogP contribution in [0.4, 0.5) is 5.69 Å². The monoisotopic (exact) mass is 221 g/mol. The maximum Gasteiger partial charge on any atom is 0.213 e. The van der Waals surface area contributed by atoms with E-state index in [1.165, 1.54) is 12.1 Å². The Bertz CT molecular complexity index is 326. The summed E-state index contributed by atoms with van der Waals surface area (Å²) in [6.45, 7) is 4.79. The average Bonchev–Trinajstić information content (AvgIpc) is 2.79. The van der Waals surface area contributed by atoms with Gasteiger partial charge in [-0.1, -0.05) is 0 Å². The lowest BCUT2D eigenvalue weighted by Crippen LogP contribution is -2.29. The fourth-order valence-electron chi connectivity index (χ4n) is 2.02. The molecule has 16 heavy (non-hydrogen) atoms. The summed E-state index contributed by atoms with van der Waals surface area (Å²) in [4.78, 5) is 6.63. The second-order valence-corrected chi connectivity index (χ2v) is 4.01. The van der Waals surface area contributed by atoms with Gasteiger partial charge in [-0.3, -0.25) is 0 Å². The second-order valence-electron chi connectivity index (χ2n) is 4.01. The molecule has 4 heteroatoms. The zero-order chi connectivity index (χ0) is 11.4. The maximum atomic E-state index is 5.32. The zero-order valence-electron chi connectivity index (χ0n) is 9.94. The van der Waals surface area contributed by atoms with E-state index in [2.05, 4.69) is 21.3 Å². The van der Waals surface area contributed by atoms with Crippen molar-refractivity contribution in [1.82, 2.24) is 10.3 Å². The summed E-state index contributed by atoms with van der Waals surface area (Å²) in [7, 11) is 2.02. The van der Waals surface area contributed by atoms with Crippen molar-refractivity contribution in [2.75, 3.05) is 31.6 Å². The van der Waals surface area contributed by atoms with Crippen molar-refractivity contribution < 1.29 is 4.74 Å². The molecule has 88 valence electrons. The number of aromatic nitrogens is 1. The van der Waals surface area contributed by atoms with E-state index in [1.807, 2.05) is 26.2 Å². The first-order valence-electron chi connectivity index (χ1n) is 5.84. The predicted molar refractivity (Wildman–Crippen MR) is 65.1 cm³/mol. The highest BCUT2D eigenvalue weighted by molar-refractivity contribution is 5.46. The van der Waals surface area contributed by atoms with Crippen LogP contribution in [0.15, 0.2) is 18.3 Å². The second kappa shape index (κ2) is 5.16. The third kappa shape index (κ3) is 2.44. The number of hydrogen-bond acceptors (Lipinski definition) is 4. The van der Waals surface area contributed by atoms with Crippen molar-refractivity contribution >= 4 is 5.69 Å². The van der Waals surface area contributed by atoms with Crippen molar-refractivity contribution in [3.63, 3.8) is 0 Å². The summed E-state index contributed by atoms with van der Waals surface area (Å²) in [6, 6.07) is 4.62. The third-order valence-corrected chi connectivity index (χ3v) is 2.97. The van der Waals surface area contributed by atoms with Crippen LogP contribution in [0.3, 0.4) is 0 Å². The molecule has 1 N–H and O–H groups in total. The predicted octanol–water partition coefficient (Wildman–Crippen LogP) is 1.28. The van der Waals surface area contributed by atoms with Gasteiger partial charge in [-0.25, -0.2) is 4.98 Å². The van der Waals surface area contributed by atoms with Gasteiger partial charge in [0, 0.05) is 25.2 Å². The maximum absolute atomic E-state index is 5.32. The van der Waals surface area contributed by atoms with E-state index in [-0.39, 0.29) is 0 Å². The Morgan fingerprint density at radius 2 is 2.44 bits per heavy atom. The van der Waals surface area contributed by atoms with E-state index in [4.69, 9.17) is 4.74 Å². The van der Waals surface area contributed by atoms with Gasteiger partial charge in [-0.15, -0.1) is 0 Å². The molecule has 2 heterocycles. The van der Waals surface area contributed by atoms with Crippen LogP contribution >= 0.6 is 0 Å². The molecule has 1 unspecified atom stereocenters. The lowest BCUT2D eigenvalue weighted by atomic mass is 10.3. The normalized spacial score (nSPS) is 20.1. The molecule has 1 aromatic rings. The highest BCUT2D eigenvalue weighted by atomic mass is 16.5. The van der Waals surface area contributed by atoms with Crippen LogP contribution in [0, 0.1) is 0 Å². The standard InChI is InChI=1S/C12H19N3O/c1-3-16-12-5-4-11(8-14-12)15-7-6-10(9-15)13-2/h4-5,8,10,13H,3,6-7,9H2,1-2H3. The van der Waals surface area contributed by atoms with Gasteiger partial charge in [-0.05, 0) is 26.5 Å². The molecule has 0 aliphatic carbocycles. The molecule has 0 spiro atoms. The van der Waals surface area contributed by atoms with E-state index in [1.54, 1.807) is 0 Å². The van der Waals surface area contributed by atoms with Crippen LogP contribution in [0.2, 0.25) is 0 Å². The Hall–Kier alpha value is -1.29. The largest absolute Gasteiger partial charge is 0.478 e. The van der Waals surface area contributed by atoms with E-state index in [0.717, 1.165) is 13.1 Å². The summed E-state index contributed by atoms with van der Waals surface area (Å²) < 4.78 is 5.32. The average molecular weight is 221 g/mol. The van der Waals surface area contributed by atoms with Gasteiger partial charge in [-0.2, -0.15) is 0 Å². The topological polar surface area (TPSA) is 37.4 Å². The van der Waals surface area contributed by atoms with E-state index in [9.17, 15) is 0 Å². The number of nitrogens with one attached hydrogen (secondary N) is 1. The first kappa shape index (κ1) is 11.2. The van der Waals surface area contributed by atoms with Crippen LogP contribution in [-0.4, -0.2) is 37.8 Å². The van der Waals surface area contributed by atoms with Crippen LogP contribution in [0.5, 0.6) is 5.88 Å². The summed E-state index contributed by atoms with van der Waals surface area (Å²) in [5.74, 6) is 0.704. The first-order valence-corrected chi connectivity index (χ1v) is 5.84. The highest BCUT2D eigenvalue weighted by Crippen LogP contribution is 2.21. The zero-order valence-corrected chi connectivity index (χ0v) is 9.94. The minimum atomic E-state index is 0.603. The molecule has 0 radical (unpaired) electrons. The highest BCUT2D eigenvalue weighted by Gasteiger charge is 2.21. The first-order chi connectivity index (χ1) is 7.83. The number of hydrogen-bond donors (Lipinski definition) is 1. The molecular formula is C12H19N3O. The molecule has 1 saturated heterocycles. The Morgan fingerprint density at radius 3 is 3.00 bits per heavy atom. The summed E-state index contributed by atoms with van der Waals surface area (Å²) >= 11 is 0. The molecular weight excluding hydrogens is 202 g/mol. The van der Waals surface area contributed by atoms with Gasteiger partial charge in [0.05, 0.1) is 18.5 Å². The fourth-order valence-corrected chi connectivity index (χ4v) is 2.02. The lowest BCUT2D eigenvalue weighted by Gasteiger charge is -2.18. The fraction of sp³-hybridized carbons (Fsp3) is 0.583. The third-order valence-electron chi connectivity index (χ3n) is 2.97. The van der Waals surface area contributed by atoms with Crippen molar-refractivity contribution in [2.24, 2.45) is 0 Å².